The molecule has 1 aromatic carbocycles. The van der Waals surface area contributed by atoms with Gasteiger partial charge < -0.3 is 19.9 Å². The fraction of sp³-hybridized carbons (Fsp3) is 0.632. The van der Waals surface area contributed by atoms with E-state index in [-0.39, 0.29) is 0 Å². The topological polar surface area (TPSA) is 27.7 Å². The highest BCUT2D eigenvalue weighted by Gasteiger charge is 2.26. The van der Waals surface area contributed by atoms with Gasteiger partial charge in [0.05, 0.1) is 6.10 Å². The Morgan fingerprint density at radius 2 is 2.12 bits per heavy atom. The van der Waals surface area contributed by atoms with Crippen LogP contribution in [0.25, 0.3) is 0 Å². The van der Waals surface area contributed by atoms with Crippen LogP contribution in [0.1, 0.15) is 31.2 Å². The summed E-state index contributed by atoms with van der Waals surface area (Å²) in [6.07, 6.45) is 5.21. The Morgan fingerprint density at radius 1 is 1.33 bits per heavy atom. The first-order valence-electron chi connectivity index (χ1n) is 9.06. The monoisotopic (exact) mass is 347 g/mol. The maximum absolute atomic E-state index is 5.77. The van der Waals surface area contributed by atoms with Crippen molar-refractivity contribution in [2.45, 2.75) is 44.8 Å². The molecule has 0 saturated carbocycles. The lowest BCUT2D eigenvalue weighted by molar-refractivity contribution is 0.0576. The SMILES string of the molecule is Cc1cccc(NC(=S)N2CCC(N(C)C[C@@H]3CCCO3)CC2)c1. The van der Waals surface area contributed by atoms with Crippen LogP contribution in [0.5, 0.6) is 0 Å². The van der Waals surface area contributed by atoms with E-state index in [1.807, 2.05) is 0 Å². The first-order valence-corrected chi connectivity index (χ1v) is 9.47. The molecule has 1 atom stereocenters. The number of piperidine rings is 1. The molecule has 0 bridgehead atoms. The molecule has 2 heterocycles. The summed E-state index contributed by atoms with van der Waals surface area (Å²) in [5.41, 5.74) is 2.33. The number of nitrogens with zero attached hydrogens (tertiary/aromatic N) is 2. The summed E-state index contributed by atoms with van der Waals surface area (Å²) in [7, 11) is 2.24. The van der Waals surface area contributed by atoms with Crippen LogP contribution in [-0.2, 0) is 4.74 Å². The summed E-state index contributed by atoms with van der Waals surface area (Å²) >= 11 is 5.60. The maximum Gasteiger partial charge on any atom is 0.173 e. The second kappa shape index (κ2) is 8.28. The Labute approximate surface area is 151 Å². The van der Waals surface area contributed by atoms with E-state index in [1.54, 1.807) is 0 Å². The van der Waals surface area contributed by atoms with Crippen molar-refractivity contribution in [2.24, 2.45) is 0 Å². The number of hydrogen-bond acceptors (Lipinski definition) is 3. The van der Waals surface area contributed by atoms with Crippen LogP contribution in [0.3, 0.4) is 0 Å². The van der Waals surface area contributed by atoms with Gasteiger partial charge in [0.25, 0.3) is 0 Å². The second-order valence-electron chi connectivity index (χ2n) is 7.09. The van der Waals surface area contributed by atoms with Crippen LogP contribution in [0.4, 0.5) is 5.69 Å². The Hall–Kier alpha value is -1.17. The summed E-state index contributed by atoms with van der Waals surface area (Å²) in [5.74, 6) is 0. The van der Waals surface area contributed by atoms with Crippen molar-refractivity contribution in [1.82, 2.24) is 9.80 Å². The third-order valence-corrected chi connectivity index (χ3v) is 5.52. The fourth-order valence-corrected chi connectivity index (χ4v) is 3.99. The molecule has 0 unspecified atom stereocenters. The minimum absolute atomic E-state index is 0.442. The van der Waals surface area contributed by atoms with E-state index in [0.717, 1.165) is 37.0 Å². The van der Waals surface area contributed by atoms with Crippen LogP contribution in [0, 0.1) is 6.92 Å². The van der Waals surface area contributed by atoms with Gasteiger partial charge in [-0.15, -0.1) is 0 Å². The molecular weight excluding hydrogens is 318 g/mol. The molecule has 4 nitrogen and oxygen atoms in total. The first kappa shape index (κ1) is 17.6. The minimum Gasteiger partial charge on any atom is -0.377 e. The number of aryl methyl sites for hydroxylation is 1. The predicted octanol–water partition coefficient (Wildman–Crippen LogP) is 3.27. The number of likely N-dealkylation sites (N-methyl/N-ethyl adjacent to an activating group) is 1. The van der Waals surface area contributed by atoms with Gasteiger partial charge in [-0.25, -0.2) is 0 Å². The normalized spacial score (nSPS) is 22.1. The first-order chi connectivity index (χ1) is 11.6. The number of hydrogen-bond donors (Lipinski definition) is 1. The second-order valence-corrected chi connectivity index (χ2v) is 7.48. The molecule has 5 heteroatoms. The van der Waals surface area contributed by atoms with Crippen LogP contribution in [-0.4, -0.2) is 60.3 Å². The number of thiocarbonyl (C=S) groups is 1. The van der Waals surface area contributed by atoms with Crippen LogP contribution in [0.2, 0.25) is 0 Å². The Kier molecular flexibility index (Phi) is 6.09. The van der Waals surface area contributed by atoms with Gasteiger partial charge in [0.2, 0.25) is 0 Å². The van der Waals surface area contributed by atoms with E-state index in [1.165, 1.54) is 31.2 Å². The average molecular weight is 348 g/mol. The van der Waals surface area contributed by atoms with E-state index in [2.05, 4.69) is 53.4 Å². The average Bonchev–Trinajstić information content (AvgIpc) is 3.08. The molecule has 24 heavy (non-hydrogen) atoms. The number of anilines is 1. The summed E-state index contributed by atoms with van der Waals surface area (Å²) in [4.78, 5) is 4.79. The molecule has 0 amide bonds. The van der Waals surface area contributed by atoms with Crippen molar-refractivity contribution in [2.75, 3.05) is 38.6 Å². The zero-order valence-electron chi connectivity index (χ0n) is 14.8. The molecule has 1 aromatic rings. The lowest BCUT2D eigenvalue weighted by Crippen LogP contribution is -2.48. The summed E-state index contributed by atoms with van der Waals surface area (Å²) in [6, 6.07) is 9.01. The van der Waals surface area contributed by atoms with Gasteiger partial charge >= 0.3 is 0 Å². The molecule has 2 aliphatic heterocycles. The van der Waals surface area contributed by atoms with Crippen molar-refractivity contribution >= 4 is 23.0 Å². The minimum atomic E-state index is 0.442. The van der Waals surface area contributed by atoms with E-state index in [4.69, 9.17) is 17.0 Å². The number of nitrogens with one attached hydrogen (secondary N) is 1. The highest BCUT2D eigenvalue weighted by molar-refractivity contribution is 7.80. The van der Waals surface area contributed by atoms with Crippen molar-refractivity contribution in [1.29, 1.82) is 0 Å². The largest absolute Gasteiger partial charge is 0.377 e. The lowest BCUT2D eigenvalue weighted by atomic mass is 10.0. The van der Waals surface area contributed by atoms with Gasteiger partial charge in [-0.2, -0.15) is 0 Å². The smallest absolute Gasteiger partial charge is 0.173 e. The van der Waals surface area contributed by atoms with Gasteiger partial charge in [-0.1, -0.05) is 12.1 Å². The molecule has 2 fully saturated rings. The molecule has 2 aliphatic rings. The number of likely N-dealkylation sites (tertiary alicyclic amines) is 1. The van der Waals surface area contributed by atoms with Crippen LogP contribution >= 0.6 is 12.2 Å². The standard InChI is InChI=1S/C19H29N3OS/c1-15-5-3-6-16(13-15)20-19(24)22-10-8-17(9-11-22)21(2)14-18-7-4-12-23-18/h3,5-6,13,17-18H,4,7-12,14H2,1-2H3,(H,20,24)/t18-/m0/s1. The highest BCUT2D eigenvalue weighted by Crippen LogP contribution is 2.20. The molecule has 0 aromatic heterocycles. The molecule has 2 saturated heterocycles. The van der Waals surface area contributed by atoms with Crippen molar-refractivity contribution < 1.29 is 4.74 Å². The van der Waals surface area contributed by atoms with Crippen LogP contribution < -0.4 is 5.32 Å². The maximum atomic E-state index is 5.77. The molecule has 3 rings (SSSR count). The molecular formula is C19H29N3OS. The van der Waals surface area contributed by atoms with Gasteiger partial charge in [-0.05, 0) is 69.6 Å². The number of benzene rings is 1. The molecule has 0 aliphatic carbocycles. The summed E-state index contributed by atoms with van der Waals surface area (Å²) < 4.78 is 5.77. The van der Waals surface area contributed by atoms with E-state index < -0.39 is 0 Å². The van der Waals surface area contributed by atoms with E-state index in [9.17, 15) is 0 Å². The highest BCUT2D eigenvalue weighted by atomic mass is 32.1. The van der Waals surface area contributed by atoms with Crippen LogP contribution in [0.15, 0.2) is 24.3 Å². The lowest BCUT2D eigenvalue weighted by Gasteiger charge is -2.38. The van der Waals surface area contributed by atoms with Crippen molar-refractivity contribution in [3.8, 4) is 0 Å². The van der Waals surface area contributed by atoms with E-state index >= 15 is 0 Å². The third-order valence-electron chi connectivity index (χ3n) is 5.16. The number of ether oxygens (including phenoxy) is 1. The van der Waals surface area contributed by atoms with Crippen molar-refractivity contribution in [3.05, 3.63) is 29.8 Å². The summed E-state index contributed by atoms with van der Waals surface area (Å²) in [6.45, 7) is 6.16. The Balaban J connectivity index is 1.44. The van der Waals surface area contributed by atoms with E-state index in [0.29, 0.717) is 12.1 Å². The van der Waals surface area contributed by atoms with Crippen molar-refractivity contribution in [3.63, 3.8) is 0 Å². The molecule has 1 N–H and O–H groups in total. The Morgan fingerprint density at radius 3 is 2.79 bits per heavy atom. The third kappa shape index (κ3) is 4.68. The van der Waals surface area contributed by atoms with Gasteiger partial charge in [0, 0.05) is 38.0 Å². The fourth-order valence-electron chi connectivity index (χ4n) is 3.69. The molecule has 0 radical (unpaired) electrons. The molecule has 132 valence electrons. The Bertz CT molecular complexity index is 551. The number of rotatable bonds is 4. The van der Waals surface area contributed by atoms with Gasteiger partial charge in [0.15, 0.2) is 5.11 Å². The quantitative estimate of drug-likeness (QED) is 0.844. The zero-order valence-corrected chi connectivity index (χ0v) is 15.6. The molecule has 0 spiro atoms. The van der Waals surface area contributed by atoms with Gasteiger partial charge in [-0.3, -0.25) is 0 Å². The van der Waals surface area contributed by atoms with Gasteiger partial charge in [0.1, 0.15) is 0 Å². The zero-order chi connectivity index (χ0) is 16.9. The predicted molar refractivity (Wildman–Crippen MR) is 104 cm³/mol. The summed E-state index contributed by atoms with van der Waals surface area (Å²) in [5, 5.41) is 4.23.